The number of para-hydroxylation sites is 1. The molecule has 0 saturated carbocycles. The predicted octanol–water partition coefficient (Wildman–Crippen LogP) is 2.92. The Morgan fingerprint density at radius 2 is 2.12 bits per heavy atom. The van der Waals surface area contributed by atoms with Crippen molar-refractivity contribution in [2.75, 3.05) is 6.54 Å². The van der Waals surface area contributed by atoms with E-state index in [-0.39, 0.29) is 0 Å². The highest BCUT2D eigenvalue weighted by Crippen LogP contribution is 2.35. The molecule has 2 aliphatic rings. The molecule has 1 unspecified atom stereocenters. The maximum Gasteiger partial charge on any atom is 0.0476 e. The number of aromatic amines is 1. The Balaban J connectivity index is 2.07. The van der Waals surface area contributed by atoms with Crippen molar-refractivity contribution in [3.05, 3.63) is 35.5 Å². The number of rotatable bonds is 0. The van der Waals surface area contributed by atoms with Crippen molar-refractivity contribution in [1.29, 1.82) is 0 Å². The van der Waals surface area contributed by atoms with Gasteiger partial charge >= 0.3 is 0 Å². The van der Waals surface area contributed by atoms with Gasteiger partial charge in [0.15, 0.2) is 0 Å². The van der Waals surface area contributed by atoms with Crippen molar-refractivity contribution in [3.63, 3.8) is 0 Å². The summed E-state index contributed by atoms with van der Waals surface area (Å²) in [7, 11) is 0. The van der Waals surface area contributed by atoms with E-state index in [0.29, 0.717) is 0 Å². The Morgan fingerprint density at radius 3 is 3.12 bits per heavy atom. The highest BCUT2D eigenvalue weighted by atomic mass is 14.8. The molecule has 1 N–H and O–H groups in total. The Labute approximate surface area is 94.4 Å². The first kappa shape index (κ1) is 8.57. The zero-order chi connectivity index (χ0) is 10.5. The zero-order valence-corrected chi connectivity index (χ0v) is 9.16. The summed E-state index contributed by atoms with van der Waals surface area (Å²) >= 11 is 0. The zero-order valence-electron chi connectivity index (χ0n) is 9.16. The van der Waals surface area contributed by atoms with Crippen LogP contribution < -0.4 is 0 Å². The fraction of sp³-hybridized carbons (Fsp3) is 0.357. The highest BCUT2D eigenvalue weighted by Gasteiger charge is 2.30. The standard InChI is InChI=1S/C14H14N2/c1-2-4-11-10(3-1)13-12(16-11)6-5-9-7-8-15-14(9)13/h1-4,9,16H,5-8H2. The Hall–Kier alpha value is -1.57. The molecule has 0 spiro atoms. The van der Waals surface area contributed by atoms with Gasteiger partial charge in [-0.05, 0) is 25.3 Å². The number of benzene rings is 1. The third-order valence-electron chi connectivity index (χ3n) is 3.93. The van der Waals surface area contributed by atoms with E-state index in [2.05, 4.69) is 29.2 Å². The monoisotopic (exact) mass is 210 g/mol. The Bertz CT molecular complexity index is 592. The lowest BCUT2D eigenvalue weighted by atomic mass is 9.84. The van der Waals surface area contributed by atoms with Crippen LogP contribution in [0.25, 0.3) is 10.9 Å². The summed E-state index contributed by atoms with van der Waals surface area (Å²) < 4.78 is 0. The number of aliphatic imine (C=N–C) groups is 1. The minimum atomic E-state index is 0.728. The molecule has 2 heteroatoms. The number of nitrogens with zero attached hydrogens (tertiary/aromatic N) is 1. The molecule has 0 saturated heterocycles. The van der Waals surface area contributed by atoms with Gasteiger partial charge in [-0.15, -0.1) is 0 Å². The number of aromatic nitrogens is 1. The third kappa shape index (κ3) is 0.993. The molecule has 1 aliphatic heterocycles. The molecule has 1 atom stereocenters. The lowest BCUT2D eigenvalue weighted by molar-refractivity contribution is 0.601. The van der Waals surface area contributed by atoms with E-state index in [1.54, 1.807) is 0 Å². The van der Waals surface area contributed by atoms with E-state index in [1.165, 1.54) is 47.1 Å². The lowest BCUT2D eigenvalue weighted by Crippen LogP contribution is -2.19. The van der Waals surface area contributed by atoms with Gasteiger partial charge in [0, 0.05) is 40.3 Å². The molecule has 80 valence electrons. The molecule has 2 aromatic rings. The van der Waals surface area contributed by atoms with Crippen LogP contribution in [0.15, 0.2) is 29.3 Å². The summed E-state index contributed by atoms with van der Waals surface area (Å²) in [6.45, 7) is 1.03. The van der Waals surface area contributed by atoms with Gasteiger partial charge in [-0.25, -0.2) is 0 Å². The minimum Gasteiger partial charge on any atom is -0.358 e. The molecular formula is C14H14N2. The number of fused-ring (bicyclic) bond motifs is 5. The van der Waals surface area contributed by atoms with E-state index in [0.717, 1.165) is 12.5 Å². The highest BCUT2D eigenvalue weighted by molar-refractivity contribution is 6.14. The molecular weight excluding hydrogens is 196 g/mol. The third-order valence-corrected chi connectivity index (χ3v) is 3.93. The minimum absolute atomic E-state index is 0.728. The first-order valence-corrected chi connectivity index (χ1v) is 6.08. The van der Waals surface area contributed by atoms with E-state index in [4.69, 9.17) is 4.99 Å². The molecule has 0 bridgehead atoms. The predicted molar refractivity (Wildman–Crippen MR) is 66.1 cm³/mol. The van der Waals surface area contributed by atoms with Crippen molar-refractivity contribution in [2.24, 2.45) is 10.9 Å². The molecule has 0 radical (unpaired) electrons. The number of hydrogen-bond donors (Lipinski definition) is 1. The average molecular weight is 210 g/mol. The van der Waals surface area contributed by atoms with Gasteiger partial charge in [0.05, 0.1) is 0 Å². The topological polar surface area (TPSA) is 28.1 Å². The summed E-state index contributed by atoms with van der Waals surface area (Å²) in [6, 6.07) is 8.60. The SMILES string of the molecule is c1ccc2c3c([nH]c2c1)CCC1CCN=C31. The first-order valence-electron chi connectivity index (χ1n) is 6.08. The van der Waals surface area contributed by atoms with Gasteiger partial charge in [0.25, 0.3) is 0 Å². The quantitative estimate of drug-likeness (QED) is 0.692. The molecule has 16 heavy (non-hydrogen) atoms. The maximum absolute atomic E-state index is 4.72. The van der Waals surface area contributed by atoms with Gasteiger partial charge < -0.3 is 4.98 Å². The van der Waals surface area contributed by atoms with Crippen molar-refractivity contribution >= 4 is 16.6 Å². The van der Waals surface area contributed by atoms with Crippen LogP contribution >= 0.6 is 0 Å². The summed E-state index contributed by atoms with van der Waals surface area (Å²) in [5, 5.41) is 1.36. The Kier molecular flexibility index (Phi) is 1.59. The molecule has 1 aliphatic carbocycles. The molecule has 2 heterocycles. The van der Waals surface area contributed by atoms with Crippen molar-refractivity contribution in [2.45, 2.75) is 19.3 Å². The van der Waals surface area contributed by atoms with Crippen LogP contribution in [0.3, 0.4) is 0 Å². The number of hydrogen-bond acceptors (Lipinski definition) is 1. The van der Waals surface area contributed by atoms with Crippen LogP contribution in [0.2, 0.25) is 0 Å². The van der Waals surface area contributed by atoms with E-state index >= 15 is 0 Å². The van der Waals surface area contributed by atoms with E-state index in [9.17, 15) is 0 Å². The van der Waals surface area contributed by atoms with Gasteiger partial charge in [-0.1, -0.05) is 18.2 Å². The fourth-order valence-corrected chi connectivity index (χ4v) is 3.17. The van der Waals surface area contributed by atoms with Crippen molar-refractivity contribution in [3.8, 4) is 0 Å². The van der Waals surface area contributed by atoms with Gasteiger partial charge in [0.2, 0.25) is 0 Å². The number of nitrogens with one attached hydrogen (secondary N) is 1. The van der Waals surface area contributed by atoms with Crippen molar-refractivity contribution < 1.29 is 0 Å². The lowest BCUT2D eigenvalue weighted by Gasteiger charge is -2.19. The van der Waals surface area contributed by atoms with E-state index in [1.807, 2.05) is 0 Å². The fourth-order valence-electron chi connectivity index (χ4n) is 3.17. The maximum atomic E-state index is 4.72. The van der Waals surface area contributed by atoms with Crippen LogP contribution in [-0.4, -0.2) is 17.2 Å². The molecule has 1 aromatic heterocycles. The molecule has 2 nitrogen and oxygen atoms in total. The summed E-state index contributed by atoms with van der Waals surface area (Å²) in [5.74, 6) is 0.728. The second kappa shape index (κ2) is 2.97. The normalized spacial score (nSPS) is 23.0. The second-order valence-electron chi connectivity index (χ2n) is 4.82. The van der Waals surface area contributed by atoms with Crippen LogP contribution in [0.1, 0.15) is 24.1 Å². The second-order valence-corrected chi connectivity index (χ2v) is 4.82. The summed E-state index contributed by atoms with van der Waals surface area (Å²) in [6.07, 6.45) is 3.72. The smallest absolute Gasteiger partial charge is 0.0476 e. The van der Waals surface area contributed by atoms with Gasteiger partial charge in [0.1, 0.15) is 0 Å². The first-order chi connectivity index (χ1) is 7.93. The van der Waals surface area contributed by atoms with Crippen LogP contribution in [0.5, 0.6) is 0 Å². The Morgan fingerprint density at radius 1 is 1.19 bits per heavy atom. The van der Waals surface area contributed by atoms with Crippen molar-refractivity contribution in [1.82, 2.24) is 4.98 Å². The molecule has 1 aromatic carbocycles. The van der Waals surface area contributed by atoms with Crippen LogP contribution in [0.4, 0.5) is 0 Å². The summed E-state index contributed by atoms with van der Waals surface area (Å²) in [4.78, 5) is 8.27. The number of H-pyrrole nitrogens is 1. The molecule has 0 fully saturated rings. The average Bonchev–Trinajstić information content (AvgIpc) is 2.91. The summed E-state index contributed by atoms with van der Waals surface area (Å²) in [5.41, 5.74) is 5.46. The van der Waals surface area contributed by atoms with Crippen LogP contribution in [0, 0.1) is 5.92 Å². The number of aryl methyl sites for hydroxylation is 1. The van der Waals surface area contributed by atoms with E-state index < -0.39 is 0 Å². The molecule has 4 rings (SSSR count). The molecule has 0 amide bonds. The largest absolute Gasteiger partial charge is 0.358 e. The van der Waals surface area contributed by atoms with Gasteiger partial charge in [-0.2, -0.15) is 0 Å². The van der Waals surface area contributed by atoms with Crippen LogP contribution in [-0.2, 0) is 6.42 Å². The van der Waals surface area contributed by atoms with Gasteiger partial charge in [-0.3, -0.25) is 4.99 Å².